The SMILES string of the molecule is NC(=O)OCC(NC(=O)Cn1nc(-c2ccc(Cl)cc2)n(C=CC(F)(F)F)c1=O)c1ccccc1C(F)(F)F. The van der Waals surface area contributed by atoms with Crippen LogP contribution in [0, 0.1) is 0 Å². The molecule has 9 nitrogen and oxygen atoms in total. The lowest BCUT2D eigenvalue weighted by atomic mass is 10.00. The maximum Gasteiger partial charge on any atom is 0.416 e. The molecule has 0 radical (unpaired) electrons. The summed E-state index contributed by atoms with van der Waals surface area (Å²) in [7, 11) is 0. The maximum absolute atomic E-state index is 13.5. The molecule has 39 heavy (non-hydrogen) atoms. The molecule has 0 aliphatic heterocycles. The summed E-state index contributed by atoms with van der Waals surface area (Å²) < 4.78 is 84.6. The van der Waals surface area contributed by atoms with Crippen LogP contribution in [0.4, 0.5) is 31.1 Å². The van der Waals surface area contributed by atoms with Crippen LogP contribution in [0.5, 0.6) is 0 Å². The van der Waals surface area contributed by atoms with Crippen LogP contribution in [-0.2, 0) is 22.3 Å². The number of nitrogens with zero attached hydrogens (tertiary/aromatic N) is 3. The first kappa shape index (κ1) is 29.3. The second kappa shape index (κ2) is 11.6. The van der Waals surface area contributed by atoms with Crippen molar-refractivity contribution in [1.82, 2.24) is 19.7 Å². The van der Waals surface area contributed by atoms with Gasteiger partial charge in [0.1, 0.15) is 13.2 Å². The Morgan fingerprint density at radius 1 is 1.08 bits per heavy atom. The number of hydrogen-bond acceptors (Lipinski definition) is 5. The standard InChI is InChI=1S/C23H18ClF6N5O4/c24-14-7-5-13(6-8-14)19-33-35(21(38)34(19)10-9-22(25,26)27)11-18(36)32-17(12-39-20(31)37)15-3-1-2-4-16(15)23(28,29)30/h1-10,17H,11-12H2,(H2,31,37)(H,32,36). The Balaban J connectivity index is 1.96. The van der Waals surface area contributed by atoms with E-state index in [-0.39, 0.29) is 17.5 Å². The Bertz CT molecular complexity index is 1430. The number of nitrogens with two attached hydrogens (primary N) is 1. The van der Waals surface area contributed by atoms with Gasteiger partial charge in [0.05, 0.1) is 11.6 Å². The summed E-state index contributed by atoms with van der Waals surface area (Å²) >= 11 is 5.83. The molecule has 1 heterocycles. The lowest BCUT2D eigenvalue weighted by Crippen LogP contribution is -2.38. The summed E-state index contributed by atoms with van der Waals surface area (Å²) in [6.45, 7) is -1.70. The molecule has 0 aliphatic rings. The first-order valence-corrected chi connectivity index (χ1v) is 11.1. The van der Waals surface area contributed by atoms with E-state index in [9.17, 15) is 40.7 Å². The molecule has 2 aromatic carbocycles. The molecule has 0 saturated heterocycles. The maximum atomic E-state index is 13.5. The van der Waals surface area contributed by atoms with E-state index in [1.54, 1.807) is 0 Å². The predicted octanol–water partition coefficient (Wildman–Crippen LogP) is 4.37. The molecule has 0 saturated carbocycles. The Hall–Kier alpha value is -4.27. The Labute approximate surface area is 220 Å². The smallest absolute Gasteiger partial charge is 0.416 e. The number of ether oxygens (including phenoxy) is 1. The number of amides is 2. The van der Waals surface area contributed by atoms with Gasteiger partial charge in [0, 0.05) is 22.9 Å². The van der Waals surface area contributed by atoms with E-state index in [1.807, 2.05) is 0 Å². The van der Waals surface area contributed by atoms with Crippen molar-refractivity contribution in [3.05, 3.63) is 81.2 Å². The second-order valence-electron chi connectivity index (χ2n) is 7.83. The molecule has 0 bridgehead atoms. The minimum Gasteiger partial charge on any atom is -0.447 e. The number of carbonyl (C=O) groups is 2. The van der Waals surface area contributed by atoms with Crippen molar-refractivity contribution < 1.29 is 40.7 Å². The van der Waals surface area contributed by atoms with E-state index in [4.69, 9.17) is 17.3 Å². The van der Waals surface area contributed by atoms with Gasteiger partial charge in [0.15, 0.2) is 5.82 Å². The third kappa shape index (κ3) is 7.86. The number of benzene rings is 2. The Morgan fingerprint density at radius 2 is 1.72 bits per heavy atom. The third-order valence-electron chi connectivity index (χ3n) is 5.05. The van der Waals surface area contributed by atoms with Crippen LogP contribution in [0.2, 0.25) is 5.02 Å². The lowest BCUT2D eigenvalue weighted by Gasteiger charge is -2.22. The molecular weight excluding hydrogens is 560 g/mol. The second-order valence-corrected chi connectivity index (χ2v) is 8.27. The average Bonchev–Trinajstić information content (AvgIpc) is 3.14. The molecule has 1 unspecified atom stereocenters. The number of rotatable bonds is 8. The van der Waals surface area contributed by atoms with Gasteiger partial charge in [-0.25, -0.2) is 18.8 Å². The summed E-state index contributed by atoms with van der Waals surface area (Å²) in [5.74, 6) is -1.35. The predicted molar refractivity (Wildman–Crippen MR) is 126 cm³/mol. The highest BCUT2D eigenvalue weighted by Crippen LogP contribution is 2.34. The number of halogens is 7. The third-order valence-corrected chi connectivity index (χ3v) is 5.30. The number of nitrogens with one attached hydrogen (secondary N) is 1. The molecule has 3 rings (SSSR count). The molecule has 16 heteroatoms. The fraction of sp³-hybridized carbons (Fsp3) is 0.217. The van der Waals surface area contributed by atoms with E-state index in [2.05, 4.69) is 15.2 Å². The van der Waals surface area contributed by atoms with Gasteiger partial charge in [-0.05, 0) is 35.9 Å². The van der Waals surface area contributed by atoms with Gasteiger partial charge in [-0.3, -0.25) is 4.79 Å². The normalized spacial score (nSPS) is 12.9. The van der Waals surface area contributed by atoms with Gasteiger partial charge in [-0.15, -0.1) is 5.10 Å². The van der Waals surface area contributed by atoms with Crippen LogP contribution in [0.15, 0.2) is 59.4 Å². The molecule has 2 amide bonds. The zero-order chi connectivity index (χ0) is 29.0. The molecule has 0 fully saturated rings. The Kier molecular flexibility index (Phi) is 8.74. The van der Waals surface area contributed by atoms with Crippen molar-refractivity contribution in [2.24, 2.45) is 5.73 Å². The van der Waals surface area contributed by atoms with Crippen LogP contribution in [-0.4, -0.2) is 39.1 Å². The topological polar surface area (TPSA) is 121 Å². The average molecular weight is 578 g/mol. The summed E-state index contributed by atoms with van der Waals surface area (Å²) in [5.41, 5.74) is 2.33. The van der Waals surface area contributed by atoms with Crippen LogP contribution < -0.4 is 16.7 Å². The minimum absolute atomic E-state index is 0.175. The summed E-state index contributed by atoms with van der Waals surface area (Å²) in [4.78, 5) is 36.7. The lowest BCUT2D eigenvalue weighted by molar-refractivity contribution is -0.139. The van der Waals surface area contributed by atoms with Gasteiger partial charge < -0.3 is 15.8 Å². The summed E-state index contributed by atoms with van der Waals surface area (Å²) in [5, 5.41) is 6.43. The number of allylic oxidation sites excluding steroid dienone is 1. The zero-order valence-electron chi connectivity index (χ0n) is 19.5. The summed E-state index contributed by atoms with van der Waals surface area (Å²) in [6.07, 6.45) is -10.7. The molecule has 208 valence electrons. The first-order chi connectivity index (χ1) is 18.2. The quantitative estimate of drug-likeness (QED) is 0.385. The molecule has 1 atom stereocenters. The fourth-order valence-corrected chi connectivity index (χ4v) is 3.55. The molecule has 3 aromatic rings. The van der Waals surface area contributed by atoms with Crippen LogP contribution in [0.25, 0.3) is 17.6 Å². The molecule has 1 aromatic heterocycles. The van der Waals surface area contributed by atoms with Crippen molar-refractivity contribution >= 4 is 29.8 Å². The Morgan fingerprint density at radius 3 is 2.31 bits per heavy atom. The van der Waals surface area contributed by atoms with Gasteiger partial charge >= 0.3 is 24.1 Å². The van der Waals surface area contributed by atoms with Crippen LogP contribution in [0.1, 0.15) is 17.2 Å². The largest absolute Gasteiger partial charge is 0.447 e. The van der Waals surface area contributed by atoms with Gasteiger partial charge in [-0.2, -0.15) is 26.3 Å². The highest BCUT2D eigenvalue weighted by atomic mass is 35.5. The van der Waals surface area contributed by atoms with Crippen molar-refractivity contribution in [3.8, 4) is 11.4 Å². The number of primary amides is 1. The van der Waals surface area contributed by atoms with Gasteiger partial charge in [0.25, 0.3) is 0 Å². The first-order valence-electron chi connectivity index (χ1n) is 10.7. The molecule has 3 N–H and O–H groups in total. The monoisotopic (exact) mass is 577 g/mol. The highest BCUT2D eigenvalue weighted by Gasteiger charge is 2.35. The number of aromatic nitrogens is 3. The number of hydrogen-bond donors (Lipinski definition) is 2. The number of carbonyl (C=O) groups excluding carboxylic acids is 2. The van der Waals surface area contributed by atoms with E-state index in [1.165, 1.54) is 30.3 Å². The van der Waals surface area contributed by atoms with Crippen LogP contribution >= 0.6 is 11.6 Å². The molecule has 0 aliphatic carbocycles. The van der Waals surface area contributed by atoms with E-state index in [0.29, 0.717) is 20.5 Å². The van der Waals surface area contributed by atoms with Crippen LogP contribution in [0.3, 0.4) is 0 Å². The fourth-order valence-electron chi connectivity index (χ4n) is 3.42. The van der Waals surface area contributed by atoms with Gasteiger partial charge in [-0.1, -0.05) is 29.8 Å². The summed E-state index contributed by atoms with van der Waals surface area (Å²) in [6, 6.07) is 8.13. The van der Waals surface area contributed by atoms with Gasteiger partial charge in [0.2, 0.25) is 5.91 Å². The zero-order valence-corrected chi connectivity index (χ0v) is 20.2. The minimum atomic E-state index is -4.83. The van der Waals surface area contributed by atoms with E-state index in [0.717, 1.165) is 18.2 Å². The van der Waals surface area contributed by atoms with E-state index >= 15 is 0 Å². The van der Waals surface area contributed by atoms with E-state index < -0.39 is 60.4 Å². The van der Waals surface area contributed by atoms with Crippen molar-refractivity contribution in [3.63, 3.8) is 0 Å². The van der Waals surface area contributed by atoms with Crippen molar-refractivity contribution in [2.45, 2.75) is 24.9 Å². The molecule has 0 spiro atoms. The highest BCUT2D eigenvalue weighted by molar-refractivity contribution is 6.30. The number of alkyl halides is 6. The van der Waals surface area contributed by atoms with Crippen molar-refractivity contribution in [2.75, 3.05) is 6.61 Å². The molecular formula is C23H18ClF6N5O4. The van der Waals surface area contributed by atoms with Crippen molar-refractivity contribution in [1.29, 1.82) is 0 Å².